The molecule has 0 spiro atoms. The predicted molar refractivity (Wildman–Crippen MR) is 63.7 cm³/mol. The number of hydrogen-bond acceptors (Lipinski definition) is 5. The van der Waals surface area contributed by atoms with Gasteiger partial charge in [-0.2, -0.15) is 5.26 Å². The highest BCUT2D eigenvalue weighted by atomic mass is 16.6. The lowest BCUT2D eigenvalue weighted by Gasteiger charge is -2.10. The molecule has 98 valence electrons. The third-order valence-corrected chi connectivity index (χ3v) is 2.27. The fourth-order valence-electron chi connectivity index (χ4n) is 1.46. The van der Waals surface area contributed by atoms with Crippen LogP contribution < -0.4 is 5.32 Å². The van der Waals surface area contributed by atoms with Gasteiger partial charge in [-0.3, -0.25) is 14.9 Å². The Labute approximate surface area is 107 Å². The molecule has 2 N–H and O–H groups in total. The van der Waals surface area contributed by atoms with E-state index in [2.05, 4.69) is 5.32 Å². The molecule has 0 aliphatic carbocycles. The van der Waals surface area contributed by atoms with Crippen LogP contribution in [0.15, 0.2) is 12.1 Å². The smallest absolute Gasteiger partial charge is 0.338 e. The largest absolute Gasteiger partial charge is 0.478 e. The second-order valence-corrected chi connectivity index (χ2v) is 3.63. The van der Waals surface area contributed by atoms with E-state index < -0.39 is 28.8 Å². The van der Waals surface area contributed by atoms with Gasteiger partial charge in [-0.1, -0.05) is 0 Å². The Morgan fingerprint density at radius 2 is 2.16 bits per heavy atom. The van der Waals surface area contributed by atoms with Crippen LogP contribution in [0, 0.1) is 28.4 Å². The third kappa shape index (κ3) is 3.26. The number of nitrogens with zero attached hydrogens (tertiary/aromatic N) is 2. The van der Waals surface area contributed by atoms with E-state index in [0.29, 0.717) is 0 Å². The van der Waals surface area contributed by atoms with Gasteiger partial charge >= 0.3 is 5.97 Å². The van der Waals surface area contributed by atoms with Crippen molar-refractivity contribution < 1.29 is 19.6 Å². The second-order valence-electron chi connectivity index (χ2n) is 3.63. The molecule has 19 heavy (non-hydrogen) atoms. The number of nitrogens with one attached hydrogen (secondary N) is 1. The number of rotatable bonds is 4. The molecule has 8 heteroatoms. The van der Waals surface area contributed by atoms with Crippen LogP contribution in [0.3, 0.4) is 0 Å². The summed E-state index contributed by atoms with van der Waals surface area (Å²) in [5.41, 5.74) is -0.581. The monoisotopic (exact) mass is 263 g/mol. The number of carbonyl (C=O) groups excluding carboxylic acids is 1. The van der Waals surface area contributed by atoms with Crippen molar-refractivity contribution in [1.29, 1.82) is 5.26 Å². The third-order valence-electron chi connectivity index (χ3n) is 2.27. The van der Waals surface area contributed by atoms with Crippen molar-refractivity contribution in [3.63, 3.8) is 0 Å². The van der Waals surface area contributed by atoms with Crippen LogP contribution in [0.4, 0.5) is 11.4 Å². The molecule has 8 nitrogen and oxygen atoms in total. The highest BCUT2D eigenvalue weighted by Gasteiger charge is 2.20. The van der Waals surface area contributed by atoms with Crippen molar-refractivity contribution in [2.24, 2.45) is 0 Å². The van der Waals surface area contributed by atoms with Crippen LogP contribution in [0.2, 0.25) is 0 Å². The zero-order chi connectivity index (χ0) is 14.6. The first-order valence-corrected chi connectivity index (χ1v) is 5.06. The van der Waals surface area contributed by atoms with E-state index in [1.54, 1.807) is 6.07 Å². The fourth-order valence-corrected chi connectivity index (χ4v) is 1.46. The van der Waals surface area contributed by atoms with Gasteiger partial charge in [0.05, 0.1) is 22.2 Å². The number of anilines is 1. The summed E-state index contributed by atoms with van der Waals surface area (Å²) in [7, 11) is 0. The Bertz CT molecular complexity index is 603. The summed E-state index contributed by atoms with van der Waals surface area (Å²) in [6, 6.07) is 3.62. The van der Waals surface area contributed by atoms with Crippen molar-refractivity contribution in [2.75, 3.05) is 5.32 Å². The lowest BCUT2D eigenvalue weighted by Crippen LogP contribution is -2.15. The number of amides is 1. The van der Waals surface area contributed by atoms with Crippen LogP contribution in [0.1, 0.15) is 22.3 Å². The van der Waals surface area contributed by atoms with Crippen LogP contribution in [0.5, 0.6) is 0 Å². The standard InChI is InChI=1S/C11H9N3O5/c1-6-4-7(14(18)19)5-8(11(16)17)10(6)13-9(15)2-3-12/h4-5H,2H2,1H3,(H,13,15)(H,16,17). The molecule has 1 aromatic carbocycles. The number of hydrogen-bond donors (Lipinski definition) is 2. The highest BCUT2D eigenvalue weighted by Crippen LogP contribution is 2.27. The molecule has 0 aromatic heterocycles. The van der Waals surface area contributed by atoms with E-state index in [1.807, 2.05) is 0 Å². The number of nitro groups is 1. The minimum atomic E-state index is -1.40. The van der Waals surface area contributed by atoms with Crippen molar-refractivity contribution in [1.82, 2.24) is 0 Å². The summed E-state index contributed by atoms with van der Waals surface area (Å²) in [5, 5.41) is 30.3. The van der Waals surface area contributed by atoms with Crippen molar-refractivity contribution in [3.8, 4) is 6.07 Å². The summed E-state index contributed by atoms with van der Waals surface area (Å²) in [6.07, 6.45) is -0.435. The van der Waals surface area contributed by atoms with E-state index in [-0.39, 0.29) is 16.9 Å². The molecule has 1 rings (SSSR count). The quantitative estimate of drug-likeness (QED) is 0.623. The molecule has 0 atom stereocenters. The Balaban J connectivity index is 3.31. The average molecular weight is 263 g/mol. The molecule has 0 saturated heterocycles. The van der Waals surface area contributed by atoms with E-state index in [0.717, 1.165) is 12.1 Å². The van der Waals surface area contributed by atoms with Gasteiger partial charge in [0.2, 0.25) is 5.91 Å². The van der Waals surface area contributed by atoms with Gasteiger partial charge in [0, 0.05) is 12.1 Å². The van der Waals surface area contributed by atoms with Gasteiger partial charge in [-0.15, -0.1) is 0 Å². The molecule has 1 amide bonds. The Morgan fingerprint density at radius 3 is 2.63 bits per heavy atom. The molecule has 0 saturated carbocycles. The summed E-state index contributed by atoms with van der Waals surface area (Å²) in [5.74, 6) is -2.08. The molecule has 0 radical (unpaired) electrons. The normalized spacial score (nSPS) is 9.47. The number of non-ortho nitro benzene ring substituents is 1. The number of nitriles is 1. The van der Waals surface area contributed by atoms with Gasteiger partial charge in [0.15, 0.2) is 0 Å². The Morgan fingerprint density at radius 1 is 1.53 bits per heavy atom. The van der Waals surface area contributed by atoms with Crippen LogP contribution >= 0.6 is 0 Å². The van der Waals surface area contributed by atoms with E-state index >= 15 is 0 Å². The van der Waals surface area contributed by atoms with Gasteiger partial charge < -0.3 is 10.4 Å². The molecule has 1 aromatic rings. The number of carboxylic acids is 1. The second kappa shape index (κ2) is 5.59. The van der Waals surface area contributed by atoms with Gasteiger partial charge in [-0.25, -0.2) is 4.79 Å². The zero-order valence-corrected chi connectivity index (χ0v) is 9.84. The van der Waals surface area contributed by atoms with Crippen LogP contribution in [-0.2, 0) is 4.79 Å². The Hall–Kier alpha value is -2.95. The number of benzene rings is 1. The summed E-state index contributed by atoms with van der Waals surface area (Å²) < 4.78 is 0. The van der Waals surface area contributed by atoms with Crippen molar-refractivity contribution in [3.05, 3.63) is 33.4 Å². The van der Waals surface area contributed by atoms with Crippen LogP contribution in [0.25, 0.3) is 0 Å². The maximum Gasteiger partial charge on any atom is 0.338 e. The molecule has 0 aliphatic rings. The van der Waals surface area contributed by atoms with Gasteiger partial charge in [0.25, 0.3) is 5.69 Å². The first-order valence-electron chi connectivity index (χ1n) is 5.06. The topological polar surface area (TPSA) is 133 Å². The van der Waals surface area contributed by atoms with Crippen LogP contribution in [-0.4, -0.2) is 21.9 Å². The minimum Gasteiger partial charge on any atom is -0.478 e. The number of aromatic carboxylic acids is 1. The molecule has 0 heterocycles. The zero-order valence-electron chi connectivity index (χ0n) is 9.84. The molecule has 0 aliphatic heterocycles. The number of aryl methyl sites for hydroxylation is 1. The maximum atomic E-state index is 11.3. The predicted octanol–water partition coefficient (Wildman–Crippen LogP) is 1.45. The minimum absolute atomic E-state index is 0.0432. The molecular formula is C11H9N3O5. The van der Waals surface area contributed by atoms with Crippen molar-refractivity contribution >= 4 is 23.3 Å². The first kappa shape index (κ1) is 14.1. The average Bonchev–Trinajstić information content (AvgIpc) is 2.31. The fraction of sp³-hybridized carbons (Fsp3) is 0.182. The lowest BCUT2D eigenvalue weighted by atomic mass is 10.1. The number of nitro benzene ring substituents is 1. The molecule has 0 fully saturated rings. The van der Waals surface area contributed by atoms with Crippen molar-refractivity contribution in [2.45, 2.75) is 13.3 Å². The molecule has 0 unspecified atom stereocenters. The lowest BCUT2D eigenvalue weighted by molar-refractivity contribution is -0.384. The first-order chi connectivity index (χ1) is 8.86. The number of carboxylic acid groups (broad SMARTS) is 1. The maximum absolute atomic E-state index is 11.3. The van der Waals surface area contributed by atoms with Gasteiger partial charge in [0.1, 0.15) is 6.42 Å². The van der Waals surface area contributed by atoms with E-state index in [1.165, 1.54) is 6.92 Å². The molecular weight excluding hydrogens is 254 g/mol. The van der Waals surface area contributed by atoms with E-state index in [9.17, 15) is 19.7 Å². The van der Waals surface area contributed by atoms with E-state index in [4.69, 9.17) is 10.4 Å². The SMILES string of the molecule is Cc1cc([N+](=O)[O-])cc(C(=O)O)c1NC(=O)CC#N. The van der Waals surface area contributed by atoms with Gasteiger partial charge in [-0.05, 0) is 12.5 Å². The molecule has 0 bridgehead atoms. The summed E-state index contributed by atoms with van der Waals surface area (Å²) in [6.45, 7) is 1.43. The summed E-state index contributed by atoms with van der Waals surface area (Å²) in [4.78, 5) is 32.3. The summed E-state index contributed by atoms with van der Waals surface area (Å²) >= 11 is 0. The number of carbonyl (C=O) groups is 2. The highest BCUT2D eigenvalue weighted by molar-refractivity contribution is 6.02. The Kier molecular flexibility index (Phi) is 4.15.